The molecule has 18 heavy (non-hydrogen) atoms. The quantitative estimate of drug-likeness (QED) is 0.792. The molecule has 0 atom stereocenters. The molecule has 0 unspecified atom stereocenters. The van der Waals surface area contributed by atoms with Crippen molar-refractivity contribution in [2.45, 2.75) is 0 Å². The molecule has 5 nitrogen and oxygen atoms in total. The highest BCUT2D eigenvalue weighted by molar-refractivity contribution is 5.56. The van der Waals surface area contributed by atoms with Crippen molar-refractivity contribution in [3.63, 3.8) is 0 Å². The summed E-state index contributed by atoms with van der Waals surface area (Å²) in [6.45, 7) is 5.16. The number of ether oxygens (including phenoxy) is 3. The zero-order valence-corrected chi connectivity index (χ0v) is 10.7. The Morgan fingerprint density at radius 2 is 2.11 bits per heavy atom. The van der Waals surface area contributed by atoms with Crippen molar-refractivity contribution < 1.29 is 14.2 Å². The third-order valence-corrected chi connectivity index (χ3v) is 2.98. The molecule has 2 N–H and O–H groups in total. The van der Waals surface area contributed by atoms with E-state index in [4.69, 9.17) is 19.9 Å². The van der Waals surface area contributed by atoms with Crippen LogP contribution in [0.2, 0.25) is 0 Å². The molecule has 1 heterocycles. The maximum absolute atomic E-state index is 5.81. The first-order valence-electron chi connectivity index (χ1n) is 6.16. The number of methoxy groups -OCH3 is 1. The van der Waals surface area contributed by atoms with E-state index in [1.165, 1.54) is 0 Å². The van der Waals surface area contributed by atoms with Gasteiger partial charge in [-0.15, -0.1) is 0 Å². The largest absolute Gasteiger partial charge is 0.495 e. The van der Waals surface area contributed by atoms with Crippen molar-refractivity contribution >= 4 is 5.69 Å². The van der Waals surface area contributed by atoms with Crippen LogP contribution in [-0.4, -0.2) is 51.5 Å². The highest BCUT2D eigenvalue weighted by Crippen LogP contribution is 2.25. The minimum Gasteiger partial charge on any atom is -0.495 e. The highest BCUT2D eigenvalue weighted by atomic mass is 16.5. The Morgan fingerprint density at radius 1 is 1.33 bits per heavy atom. The van der Waals surface area contributed by atoms with Gasteiger partial charge < -0.3 is 19.9 Å². The van der Waals surface area contributed by atoms with Gasteiger partial charge in [0.1, 0.15) is 18.1 Å². The van der Waals surface area contributed by atoms with E-state index < -0.39 is 0 Å². The van der Waals surface area contributed by atoms with E-state index in [1.807, 2.05) is 12.1 Å². The highest BCUT2D eigenvalue weighted by Gasteiger charge is 2.09. The Labute approximate surface area is 107 Å². The molecular weight excluding hydrogens is 232 g/mol. The summed E-state index contributed by atoms with van der Waals surface area (Å²) in [5, 5.41) is 0. The topological polar surface area (TPSA) is 57.0 Å². The number of nitrogens with two attached hydrogens (primary N) is 1. The van der Waals surface area contributed by atoms with Crippen LogP contribution >= 0.6 is 0 Å². The van der Waals surface area contributed by atoms with Gasteiger partial charge >= 0.3 is 0 Å². The molecule has 0 aromatic heterocycles. The van der Waals surface area contributed by atoms with Crippen LogP contribution in [0, 0.1) is 0 Å². The Morgan fingerprint density at radius 3 is 2.78 bits per heavy atom. The third kappa shape index (κ3) is 3.51. The van der Waals surface area contributed by atoms with E-state index in [2.05, 4.69) is 4.90 Å². The fourth-order valence-electron chi connectivity index (χ4n) is 1.92. The van der Waals surface area contributed by atoms with Crippen LogP contribution in [0.5, 0.6) is 11.5 Å². The predicted octanol–water partition coefficient (Wildman–Crippen LogP) is 0.988. The van der Waals surface area contributed by atoms with Gasteiger partial charge in [-0.25, -0.2) is 0 Å². The second-order valence-corrected chi connectivity index (χ2v) is 4.21. The van der Waals surface area contributed by atoms with Crippen molar-refractivity contribution in [3.8, 4) is 11.5 Å². The van der Waals surface area contributed by atoms with Crippen LogP contribution in [0.3, 0.4) is 0 Å². The number of rotatable bonds is 5. The lowest BCUT2D eigenvalue weighted by Crippen LogP contribution is -2.38. The summed E-state index contributed by atoms with van der Waals surface area (Å²) in [6, 6.07) is 5.48. The zero-order valence-electron chi connectivity index (χ0n) is 10.7. The summed E-state index contributed by atoms with van der Waals surface area (Å²) >= 11 is 0. The Balaban J connectivity index is 1.77. The minimum absolute atomic E-state index is 0.598. The van der Waals surface area contributed by atoms with Gasteiger partial charge in [-0.2, -0.15) is 0 Å². The van der Waals surface area contributed by atoms with E-state index >= 15 is 0 Å². The first kappa shape index (κ1) is 13.0. The van der Waals surface area contributed by atoms with Crippen LogP contribution < -0.4 is 15.2 Å². The van der Waals surface area contributed by atoms with Crippen molar-refractivity contribution in [3.05, 3.63) is 18.2 Å². The summed E-state index contributed by atoms with van der Waals surface area (Å²) in [6.07, 6.45) is 0. The van der Waals surface area contributed by atoms with Gasteiger partial charge in [0.2, 0.25) is 0 Å². The van der Waals surface area contributed by atoms with E-state index in [-0.39, 0.29) is 0 Å². The van der Waals surface area contributed by atoms with Crippen molar-refractivity contribution in [2.24, 2.45) is 0 Å². The molecular formula is C13H20N2O3. The normalized spacial score (nSPS) is 16.5. The summed E-state index contributed by atoms with van der Waals surface area (Å²) in [5.41, 5.74) is 6.41. The van der Waals surface area contributed by atoms with Crippen LogP contribution in [0.25, 0.3) is 0 Å². The zero-order chi connectivity index (χ0) is 12.8. The summed E-state index contributed by atoms with van der Waals surface area (Å²) in [5.74, 6) is 1.46. The lowest BCUT2D eigenvalue weighted by atomic mass is 10.3. The van der Waals surface area contributed by atoms with Gasteiger partial charge in [-0.3, -0.25) is 4.90 Å². The Kier molecular flexibility index (Phi) is 4.66. The molecule has 1 saturated heterocycles. The van der Waals surface area contributed by atoms with Crippen LogP contribution in [0.4, 0.5) is 5.69 Å². The van der Waals surface area contributed by atoms with Crippen LogP contribution in [0.1, 0.15) is 0 Å². The summed E-state index contributed by atoms with van der Waals surface area (Å²) in [4.78, 5) is 2.33. The second kappa shape index (κ2) is 6.47. The smallest absolute Gasteiger partial charge is 0.142 e. The maximum Gasteiger partial charge on any atom is 0.142 e. The SMILES string of the molecule is COc1ccc(OCCN2CCOCC2)cc1N. The standard InChI is InChI=1S/C13H20N2O3/c1-16-13-3-2-11(10-12(13)14)18-9-6-15-4-7-17-8-5-15/h2-3,10H,4-9,14H2,1H3. The molecule has 0 aliphatic carbocycles. The fourth-order valence-corrected chi connectivity index (χ4v) is 1.92. The maximum atomic E-state index is 5.81. The molecule has 5 heteroatoms. The second-order valence-electron chi connectivity index (χ2n) is 4.21. The predicted molar refractivity (Wildman–Crippen MR) is 70.2 cm³/mol. The van der Waals surface area contributed by atoms with Gasteiger partial charge in [-0.05, 0) is 12.1 Å². The van der Waals surface area contributed by atoms with Crippen LogP contribution in [0.15, 0.2) is 18.2 Å². The molecule has 0 saturated carbocycles. The Hall–Kier alpha value is -1.46. The third-order valence-electron chi connectivity index (χ3n) is 2.98. The number of nitrogens with zero attached hydrogens (tertiary/aromatic N) is 1. The molecule has 1 aromatic carbocycles. The molecule has 1 fully saturated rings. The average molecular weight is 252 g/mol. The molecule has 0 bridgehead atoms. The first-order valence-corrected chi connectivity index (χ1v) is 6.16. The lowest BCUT2D eigenvalue weighted by molar-refractivity contribution is 0.0322. The number of hydrogen-bond acceptors (Lipinski definition) is 5. The number of nitrogen functional groups attached to an aromatic ring is 1. The van der Waals surface area contributed by atoms with Crippen molar-refractivity contribution in [1.29, 1.82) is 0 Å². The van der Waals surface area contributed by atoms with Gasteiger partial charge in [0.05, 0.1) is 26.0 Å². The van der Waals surface area contributed by atoms with Crippen LogP contribution in [-0.2, 0) is 4.74 Å². The number of benzene rings is 1. The Bertz CT molecular complexity index is 378. The fraction of sp³-hybridized carbons (Fsp3) is 0.538. The average Bonchev–Trinajstić information content (AvgIpc) is 2.40. The molecule has 1 aromatic rings. The number of morpholine rings is 1. The van der Waals surface area contributed by atoms with Gasteiger partial charge in [0, 0.05) is 25.7 Å². The first-order chi connectivity index (χ1) is 8.79. The van der Waals surface area contributed by atoms with E-state index in [0.29, 0.717) is 18.0 Å². The number of anilines is 1. The molecule has 0 radical (unpaired) electrons. The van der Waals surface area contributed by atoms with E-state index in [1.54, 1.807) is 13.2 Å². The minimum atomic E-state index is 0.598. The molecule has 0 amide bonds. The van der Waals surface area contributed by atoms with Crippen molar-refractivity contribution in [2.75, 3.05) is 52.3 Å². The number of hydrogen-bond donors (Lipinski definition) is 1. The molecule has 1 aliphatic heterocycles. The lowest BCUT2D eigenvalue weighted by Gasteiger charge is -2.26. The monoisotopic (exact) mass is 252 g/mol. The van der Waals surface area contributed by atoms with Crippen molar-refractivity contribution in [1.82, 2.24) is 4.90 Å². The molecule has 0 spiro atoms. The summed E-state index contributed by atoms with van der Waals surface area (Å²) < 4.78 is 16.1. The van der Waals surface area contributed by atoms with Gasteiger partial charge in [0.15, 0.2) is 0 Å². The molecule has 1 aliphatic rings. The molecule has 100 valence electrons. The van der Waals surface area contributed by atoms with Gasteiger partial charge in [-0.1, -0.05) is 0 Å². The van der Waals surface area contributed by atoms with Gasteiger partial charge in [0.25, 0.3) is 0 Å². The molecule has 2 rings (SSSR count). The van der Waals surface area contributed by atoms with E-state index in [0.717, 1.165) is 38.6 Å². The van der Waals surface area contributed by atoms with E-state index in [9.17, 15) is 0 Å². The summed E-state index contributed by atoms with van der Waals surface area (Å²) in [7, 11) is 1.60.